The van der Waals surface area contributed by atoms with Crippen LogP contribution in [0, 0.1) is 0 Å². The SMILES string of the molecule is O=S(=O)([O-])C(F)C(F)(F)C(F)(F)C(F)(F)C(F)C(F)C(F)C(F)C(F)C(F)C(F)F.[K+]. The molecule has 0 radical (unpaired) electrons. The van der Waals surface area contributed by atoms with Crippen LogP contribution in [-0.2, 0) is 10.1 Å². The monoisotopic (exact) mass is 544 g/mol. The van der Waals surface area contributed by atoms with E-state index in [9.17, 15) is 78.8 Å². The molecule has 20 heteroatoms. The van der Waals surface area contributed by atoms with Gasteiger partial charge in [-0.15, -0.1) is 0 Å². The molecular weight excluding hydrogens is 536 g/mol. The molecule has 0 fully saturated rings. The van der Waals surface area contributed by atoms with Crippen molar-refractivity contribution in [3.8, 4) is 0 Å². The summed E-state index contributed by atoms with van der Waals surface area (Å²) in [5, 5.41) is 0. The van der Waals surface area contributed by atoms with Crippen molar-refractivity contribution in [2.24, 2.45) is 0 Å². The second-order valence-corrected chi connectivity index (χ2v) is 6.99. The Kier molecular flexibility index (Phi) is 12.3. The van der Waals surface area contributed by atoms with Gasteiger partial charge < -0.3 is 4.55 Å². The number of hydrogen-bond acceptors (Lipinski definition) is 3. The average Bonchev–Trinajstić information content (AvgIpc) is 2.62. The fraction of sp³-hybridized carbons (Fsp3) is 1.00. The fourth-order valence-corrected chi connectivity index (χ4v) is 2.26. The molecule has 7 unspecified atom stereocenters. The van der Waals surface area contributed by atoms with Crippen LogP contribution in [0.2, 0.25) is 0 Å². The van der Waals surface area contributed by atoms with E-state index in [1.54, 1.807) is 0 Å². The zero-order valence-electron chi connectivity index (χ0n) is 14.4. The van der Waals surface area contributed by atoms with Gasteiger partial charge in [0, 0.05) is 0 Å². The summed E-state index contributed by atoms with van der Waals surface area (Å²) in [6, 6.07) is 0. The summed E-state index contributed by atoms with van der Waals surface area (Å²) in [4.78, 5) is 0. The molecule has 182 valence electrons. The smallest absolute Gasteiger partial charge is 0.746 e. The molecule has 0 heterocycles. The predicted molar refractivity (Wildman–Crippen MR) is 64.8 cm³/mol. The molecule has 7 atom stereocenters. The van der Waals surface area contributed by atoms with Crippen molar-refractivity contribution in [1.29, 1.82) is 0 Å². The first-order valence-electron chi connectivity index (χ1n) is 6.91. The van der Waals surface area contributed by atoms with Crippen LogP contribution < -0.4 is 51.4 Å². The molecule has 0 amide bonds. The van der Waals surface area contributed by atoms with E-state index in [2.05, 4.69) is 0 Å². The number of rotatable bonds is 11. The first-order valence-corrected chi connectivity index (χ1v) is 8.38. The largest absolute Gasteiger partial charge is 1.00 e. The average molecular weight is 544 g/mol. The molecule has 0 spiro atoms. The number of halogens is 15. The molecule has 0 aromatic carbocycles. The van der Waals surface area contributed by atoms with E-state index in [-0.39, 0.29) is 51.4 Å². The molecule has 31 heavy (non-hydrogen) atoms. The van der Waals surface area contributed by atoms with Crippen molar-refractivity contribution in [3.05, 3.63) is 0 Å². The van der Waals surface area contributed by atoms with Crippen LogP contribution in [0.1, 0.15) is 0 Å². The van der Waals surface area contributed by atoms with Gasteiger partial charge in [0.15, 0.2) is 30.9 Å². The molecule has 0 aliphatic heterocycles. The van der Waals surface area contributed by atoms with Crippen molar-refractivity contribution in [3.63, 3.8) is 0 Å². The zero-order valence-corrected chi connectivity index (χ0v) is 18.4. The van der Waals surface area contributed by atoms with E-state index in [0.29, 0.717) is 0 Å². The standard InChI is InChI=1S/C11H9F15O3S.K/c12-1(3(14)5(16)7(18)19)2(13)4(15)6(17)9(21,22)11(25,26)10(23,24)8(20)30(27,28)29;/h1-8H,(H,27,28,29);/q;+1/p-1. The van der Waals surface area contributed by atoms with Gasteiger partial charge >= 0.3 is 69.2 Å². The first kappa shape index (κ1) is 33.7. The van der Waals surface area contributed by atoms with Crippen LogP contribution in [0.5, 0.6) is 0 Å². The second kappa shape index (κ2) is 11.3. The third-order valence-corrected chi connectivity index (χ3v) is 4.26. The van der Waals surface area contributed by atoms with Crippen molar-refractivity contribution < 1.29 is 130 Å². The molecule has 0 rings (SSSR count). The van der Waals surface area contributed by atoms with Gasteiger partial charge in [0.1, 0.15) is 10.1 Å². The Labute approximate surface area is 205 Å². The van der Waals surface area contributed by atoms with Crippen LogP contribution >= 0.6 is 0 Å². The summed E-state index contributed by atoms with van der Waals surface area (Å²) in [7, 11) is -7.10. The molecular formula is C11H8F15KO3S. The van der Waals surface area contributed by atoms with Gasteiger partial charge in [-0.1, -0.05) is 0 Å². The first-order chi connectivity index (χ1) is 13.1. The third kappa shape index (κ3) is 6.77. The Morgan fingerprint density at radius 3 is 1.23 bits per heavy atom. The predicted octanol–water partition coefficient (Wildman–Crippen LogP) is 1.03. The Hall–Kier alpha value is 0.496. The van der Waals surface area contributed by atoms with Gasteiger partial charge in [0.2, 0.25) is 6.17 Å². The summed E-state index contributed by atoms with van der Waals surface area (Å²) in [5.41, 5.74) is -5.65. The summed E-state index contributed by atoms with van der Waals surface area (Å²) >= 11 is 0. The fourth-order valence-electron chi connectivity index (χ4n) is 1.75. The molecule has 0 bridgehead atoms. The van der Waals surface area contributed by atoms with Gasteiger partial charge in [0.05, 0.1) is 0 Å². The Balaban J connectivity index is 0. The Bertz CT molecular complexity index is 677. The van der Waals surface area contributed by atoms with Crippen LogP contribution in [0.4, 0.5) is 65.9 Å². The van der Waals surface area contributed by atoms with Gasteiger partial charge in [0.25, 0.3) is 11.9 Å². The molecule has 0 aliphatic rings. The Morgan fingerprint density at radius 1 is 0.581 bits per heavy atom. The molecule has 0 aliphatic carbocycles. The normalized spacial score (nSPS) is 20.9. The van der Waals surface area contributed by atoms with Crippen molar-refractivity contribution in [1.82, 2.24) is 0 Å². The van der Waals surface area contributed by atoms with E-state index in [1.165, 1.54) is 0 Å². The van der Waals surface area contributed by atoms with Crippen LogP contribution in [-0.4, -0.2) is 79.7 Å². The maximum Gasteiger partial charge on any atom is 1.00 e. The third-order valence-electron chi connectivity index (χ3n) is 3.46. The minimum absolute atomic E-state index is 0. The summed E-state index contributed by atoms with van der Waals surface area (Å²) in [6.07, 6.45) is -33.0. The maximum atomic E-state index is 13.3. The molecule has 0 aromatic heterocycles. The van der Waals surface area contributed by atoms with Crippen LogP contribution in [0.15, 0.2) is 0 Å². The molecule has 0 saturated heterocycles. The quantitative estimate of drug-likeness (QED) is 0.222. The summed E-state index contributed by atoms with van der Waals surface area (Å²) in [6.45, 7) is 0. The molecule has 3 nitrogen and oxygen atoms in total. The van der Waals surface area contributed by atoms with E-state index >= 15 is 0 Å². The van der Waals surface area contributed by atoms with Gasteiger partial charge in [-0.05, 0) is 0 Å². The van der Waals surface area contributed by atoms with E-state index in [0.717, 1.165) is 0 Å². The van der Waals surface area contributed by atoms with Crippen molar-refractivity contribution in [2.75, 3.05) is 0 Å². The van der Waals surface area contributed by atoms with Crippen molar-refractivity contribution in [2.45, 2.75) is 66.7 Å². The minimum Gasteiger partial charge on any atom is -0.746 e. The Morgan fingerprint density at radius 2 is 0.903 bits per heavy atom. The molecule has 0 N–H and O–H groups in total. The van der Waals surface area contributed by atoms with Gasteiger partial charge in [-0.3, -0.25) is 0 Å². The number of hydrogen-bond donors (Lipinski definition) is 0. The van der Waals surface area contributed by atoms with E-state index in [4.69, 9.17) is 0 Å². The number of alkyl halides is 15. The minimum atomic E-state index is -7.59. The summed E-state index contributed by atoms with van der Waals surface area (Å²) < 4.78 is 224. The van der Waals surface area contributed by atoms with Crippen molar-refractivity contribution >= 4 is 10.1 Å². The summed E-state index contributed by atoms with van der Waals surface area (Å²) in [5.74, 6) is -22.1. The van der Waals surface area contributed by atoms with Gasteiger partial charge in [-0.2, -0.15) is 26.3 Å². The topological polar surface area (TPSA) is 57.2 Å². The maximum absolute atomic E-state index is 13.3. The van der Waals surface area contributed by atoms with E-state index in [1.807, 2.05) is 0 Å². The van der Waals surface area contributed by atoms with Gasteiger partial charge in [-0.25, -0.2) is 47.9 Å². The molecule has 0 aromatic rings. The zero-order chi connectivity index (χ0) is 24.6. The molecule has 0 saturated carbocycles. The van der Waals surface area contributed by atoms with Crippen LogP contribution in [0.3, 0.4) is 0 Å². The second-order valence-electron chi connectivity index (χ2n) is 5.59. The van der Waals surface area contributed by atoms with Crippen LogP contribution in [0.25, 0.3) is 0 Å². The van der Waals surface area contributed by atoms with E-state index < -0.39 is 76.8 Å².